The largest absolute Gasteiger partial charge is 0.383 e. The standard InChI is InChI=1S/C10H20N2O4S/c1-16-6-5-12(4-3-11)10(13)9-2-7-17(14,15)8-9/h9H,2-8,11H2,1H3. The molecule has 17 heavy (non-hydrogen) atoms. The molecular formula is C10H20N2O4S. The number of carbonyl (C=O) groups excluding carboxylic acids is 1. The molecule has 0 radical (unpaired) electrons. The third kappa shape index (κ3) is 4.25. The number of hydrogen-bond acceptors (Lipinski definition) is 5. The molecular weight excluding hydrogens is 244 g/mol. The molecule has 1 fully saturated rings. The van der Waals surface area contributed by atoms with Gasteiger partial charge >= 0.3 is 0 Å². The Morgan fingerprint density at radius 3 is 2.65 bits per heavy atom. The van der Waals surface area contributed by atoms with E-state index >= 15 is 0 Å². The number of carbonyl (C=O) groups is 1. The van der Waals surface area contributed by atoms with Crippen molar-refractivity contribution in [2.45, 2.75) is 6.42 Å². The van der Waals surface area contributed by atoms with E-state index in [1.165, 1.54) is 0 Å². The van der Waals surface area contributed by atoms with Crippen molar-refractivity contribution in [2.24, 2.45) is 11.7 Å². The van der Waals surface area contributed by atoms with Gasteiger partial charge in [-0.15, -0.1) is 0 Å². The molecule has 1 atom stereocenters. The minimum absolute atomic E-state index is 0.0279. The highest BCUT2D eigenvalue weighted by Crippen LogP contribution is 2.20. The van der Waals surface area contributed by atoms with Crippen molar-refractivity contribution in [2.75, 3.05) is 44.9 Å². The van der Waals surface area contributed by atoms with Crippen molar-refractivity contribution >= 4 is 15.7 Å². The summed E-state index contributed by atoms with van der Waals surface area (Å²) in [5.41, 5.74) is 5.44. The monoisotopic (exact) mass is 264 g/mol. The summed E-state index contributed by atoms with van der Waals surface area (Å²) in [6.45, 7) is 1.71. The zero-order chi connectivity index (χ0) is 12.9. The average molecular weight is 264 g/mol. The highest BCUT2D eigenvalue weighted by Gasteiger charge is 2.35. The normalized spacial score (nSPS) is 22.6. The molecule has 1 heterocycles. The molecule has 0 bridgehead atoms. The fraction of sp³-hybridized carbons (Fsp3) is 0.900. The minimum Gasteiger partial charge on any atom is -0.383 e. The van der Waals surface area contributed by atoms with E-state index in [-0.39, 0.29) is 17.4 Å². The van der Waals surface area contributed by atoms with Crippen molar-refractivity contribution in [3.05, 3.63) is 0 Å². The van der Waals surface area contributed by atoms with Gasteiger partial charge in [-0.25, -0.2) is 8.42 Å². The SMILES string of the molecule is COCCN(CCN)C(=O)C1CCS(=O)(=O)C1. The van der Waals surface area contributed by atoms with Gasteiger partial charge in [-0.2, -0.15) is 0 Å². The van der Waals surface area contributed by atoms with Crippen LogP contribution in [0.4, 0.5) is 0 Å². The van der Waals surface area contributed by atoms with Crippen LogP contribution >= 0.6 is 0 Å². The van der Waals surface area contributed by atoms with E-state index in [9.17, 15) is 13.2 Å². The fourth-order valence-electron chi connectivity index (χ4n) is 1.94. The summed E-state index contributed by atoms with van der Waals surface area (Å²) in [6, 6.07) is 0. The van der Waals surface area contributed by atoms with Crippen LogP contribution in [0, 0.1) is 5.92 Å². The second-order valence-electron chi connectivity index (χ2n) is 4.21. The molecule has 7 heteroatoms. The molecule has 0 spiro atoms. The second kappa shape index (κ2) is 6.32. The number of nitrogens with two attached hydrogens (primary N) is 1. The number of hydrogen-bond donors (Lipinski definition) is 1. The molecule has 0 aromatic carbocycles. The Morgan fingerprint density at radius 1 is 1.47 bits per heavy atom. The Kier molecular flexibility index (Phi) is 5.35. The predicted molar refractivity (Wildman–Crippen MR) is 64.3 cm³/mol. The smallest absolute Gasteiger partial charge is 0.226 e. The van der Waals surface area contributed by atoms with Crippen LogP contribution in [0.3, 0.4) is 0 Å². The summed E-state index contributed by atoms with van der Waals surface area (Å²) in [5, 5.41) is 0. The van der Waals surface area contributed by atoms with Crippen molar-refractivity contribution in [3.8, 4) is 0 Å². The first kappa shape index (κ1) is 14.4. The van der Waals surface area contributed by atoms with Gasteiger partial charge in [0.15, 0.2) is 9.84 Å². The van der Waals surface area contributed by atoms with Gasteiger partial charge in [0, 0.05) is 26.7 Å². The first-order valence-electron chi connectivity index (χ1n) is 5.68. The lowest BCUT2D eigenvalue weighted by Crippen LogP contribution is -2.41. The second-order valence-corrected chi connectivity index (χ2v) is 6.44. The first-order valence-corrected chi connectivity index (χ1v) is 7.50. The molecule has 1 rings (SSSR count). The number of amides is 1. The van der Waals surface area contributed by atoms with Gasteiger partial charge in [0.1, 0.15) is 0 Å². The van der Waals surface area contributed by atoms with Crippen LogP contribution in [0.5, 0.6) is 0 Å². The van der Waals surface area contributed by atoms with Crippen LogP contribution < -0.4 is 5.73 Å². The van der Waals surface area contributed by atoms with E-state index < -0.39 is 15.8 Å². The van der Waals surface area contributed by atoms with Crippen LogP contribution in [-0.2, 0) is 19.4 Å². The van der Waals surface area contributed by atoms with Crippen LogP contribution in [0.2, 0.25) is 0 Å². The molecule has 1 unspecified atom stereocenters. The Balaban J connectivity index is 2.58. The van der Waals surface area contributed by atoms with Gasteiger partial charge in [-0.3, -0.25) is 4.79 Å². The molecule has 100 valence electrons. The van der Waals surface area contributed by atoms with E-state index in [1.807, 2.05) is 0 Å². The lowest BCUT2D eigenvalue weighted by Gasteiger charge is -2.24. The summed E-state index contributed by atoms with van der Waals surface area (Å²) >= 11 is 0. The molecule has 0 aliphatic carbocycles. The number of methoxy groups -OCH3 is 1. The van der Waals surface area contributed by atoms with Gasteiger partial charge in [-0.1, -0.05) is 0 Å². The molecule has 2 N–H and O–H groups in total. The summed E-state index contributed by atoms with van der Waals surface area (Å²) in [7, 11) is -1.46. The maximum Gasteiger partial charge on any atom is 0.226 e. The highest BCUT2D eigenvalue weighted by atomic mass is 32.2. The van der Waals surface area contributed by atoms with Gasteiger partial charge < -0.3 is 15.4 Å². The average Bonchev–Trinajstić information content (AvgIpc) is 2.64. The lowest BCUT2D eigenvalue weighted by atomic mass is 10.1. The molecule has 1 saturated heterocycles. The number of rotatable bonds is 6. The number of ether oxygens (including phenoxy) is 1. The lowest BCUT2D eigenvalue weighted by molar-refractivity contribution is -0.135. The number of sulfone groups is 1. The van der Waals surface area contributed by atoms with E-state index in [2.05, 4.69) is 0 Å². The topological polar surface area (TPSA) is 89.7 Å². The van der Waals surface area contributed by atoms with E-state index in [0.717, 1.165) is 0 Å². The Hall–Kier alpha value is -0.660. The van der Waals surface area contributed by atoms with Gasteiger partial charge in [0.25, 0.3) is 0 Å². The van der Waals surface area contributed by atoms with Crippen LogP contribution in [-0.4, -0.2) is 64.1 Å². The Bertz CT molecular complexity index is 355. The van der Waals surface area contributed by atoms with Gasteiger partial charge in [0.05, 0.1) is 24.0 Å². The molecule has 6 nitrogen and oxygen atoms in total. The van der Waals surface area contributed by atoms with Crippen LogP contribution in [0.25, 0.3) is 0 Å². The van der Waals surface area contributed by atoms with E-state index in [1.54, 1.807) is 12.0 Å². The first-order chi connectivity index (χ1) is 8.00. The molecule has 1 aliphatic heterocycles. The summed E-state index contributed by atoms with van der Waals surface area (Å²) in [5.74, 6) is -0.429. The van der Waals surface area contributed by atoms with E-state index in [4.69, 9.17) is 10.5 Å². The molecule has 0 aromatic rings. The Morgan fingerprint density at radius 2 is 2.18 bits per heavy atom. The molecule has 1 amide bonds. The van der Waals surface area contributed by atoms with Crippen LogP contribution in [0.1, 0.15) is 6.42 Å². The van der Waals surface area contributed by atoms with Crippen molar-refractivity contribution in [3.63, 3.8) is 0 Å². The fourth-order valence-corrected chi connectivity index (χ4v) is 3.67. The molecule has 0 aromatic heterocycles. The van der Waals surface area contributed by atoms with Gasteiger partial charge in [0.2, 0.25) is 5.91 Å². The predicted octanol–water partition coefficient (Wildman–Crippen LogP) is -1.15. The molecule has 0 saturated carbocycles. The molecule has 1 aliphatic rings. The zero-order valence-corrected chi connectivity index (χ0v) is 10.9. The maximum atomic E-state index is 12.1. The Labute approximate surface area is 102 Å². The summed E-state index contributed by atoms with van der Waals surface area (Å²) in [4.78, 5) is 13.7. The van der Waals surface area contributed by atoms with Gasteiger partial charge in [-0.05, 0) is 6.42 Å². The van der Waals surface area contributed by atoms with Crippen molar-refractivity contribution in [1.29, 1.82) is 0 Å². The third-order valence-electron chi connectivity index (χ3n) is 2.86. The quantitative estimate of drug-likeness (QED) is 0.654. The van der Waals surface area contributed by atoms with Crippen LogP contribution in [0.15, 0.2) is 0 Å². The van der Waals surface area contributed by atoms with Crippen molar-refractivity contribution < 1.29 is 17.9 Å². The highest BCUT2D eigenvalue weighted by molar-refractivity contribution is 7.91. The van der Waals surface area contributed by atoms with Crippen molar-refractivity contribution in [1.82, 2.24) is 4.90 Å². The third-order valence-corrected chi connectivity index (χ3v) is 4.63. The van der Waals surface area contributed by atoms with E-state index in [0.29, 0.717) is 32.7 Å². The number of nitrogens with zero attached hydrogens (tertiary/aromatic N) is 1. The zero-order valence-electron chi connectivity index (χ0n) is 10.1. The summed E-state index contributed by atoms with van der Waals surface area (Å²) in [6.07, 6.45) is 0.426. The summed E-state index contributed by atoms with van der Waals surface area (Å²) < 4.78 is 27.6. The minimum atomic E-state index is -3.02. The maximum absolute atomic E-state index is 12.1.